The summed E-state index contributed by atoms with van der Waals surface area (Å²) in [5, 5.41) is 10.3. The van der Waals surface area contributed by atoms with Gasteiger partial charge in [0.1, 0.15) is 48.1 Å². The van der Waals surface area contributed by atoms with Gasteiger partial charge in [-0.25, -0.2) is 48.0 Å². The van der Waals surface area contributed by atoms with Crippen molar-refractivity contribution in [3.05, 3.63) is 129 Å². The molecule has 6 aromatic rings. The van der Waals surface area contributed by atoms with Crippen molar-refractivity contribution in [1.82, 2.24) is 49.5 Å². The minimum atomic E-state index is -0.451. The van der Waals surface area contributed by atoms with E-state index >= 15 is 0 Å². The fourth-order valence-corrected chi connectivity index (χ4v) is 12.1. The number of ether oxygens (including phenoxy) is 2. The Hall–Kier alpha value is -5.16. The second-order valence-electron chi connectivity index (χ2n) is 18.9. The van der Waals surface area contributed by atoms with Crippen molar-refractivity contribution in [2.45, 2.75) is 77.7 Å². The van der Waals surface area contributed by atoms with Crippen LogP contribution in [0.5, 0.6) is 0 Å². The maximum Gasteiger partial charge on any atom is 0.161 e. The third-order valence-electron chi connectivity index (χ3n) is 14.6. The molecule has 0 radical (unpaired) electrons. The molecule has 4 fully saturated rings. The summed E-state index contributed by atoms with van der Waals surface area (Å²) in [6.45, 7) is 10.4. The van der Waals surface area contributed by atoms with Crippen molar-refractivity contribution in [2.24, 2.45) is 35.5 Å². The zero-order valence-corrected chi connectivity index (χ0v) is 38.5. The minimum absolute atomic E-state index is 0.354. The van der Waals surface area contributed by atoms with E-state index in [0.717, 1.165) is 85.3 Å². The molecule has 18 heteroatoms. The van der Waals surface area contributed by atoms with E-state index in [9.17, 15) is 8.78 Å². The van der Waals surface area contributed by atoms with Gasteiger partial charge in [0.05, 0.1) is 26.3 Å². The average Bonchev–Trinajstić information content (AvgIpc) is 4.01. The van der Waals surface area contributed by atoms with E-state index in [1.54, 1.807) is 24.8 Å². The van der Waals surface area contributed by atoms with Gasteiger partial charge < -0.3 is 19.3 Å². The number of benzene rings is 2. The molecule has 2 saturated carbocycles. The predicted octanol–water partition coefficient (Wildman–Crippen LogP) is 7.99. The molecule has 2 unspecified atom stereocenters. The van der Waals surface area contributed by atoms with E-state index in [0.29, 0.717) is 83.0 Å². The number of hydrogen-bond donors (Lipinski definition) is 0. The molecule has 344 valence electrons. The number of hydrogen-bond acceptors (Lipinski definition) is 12. The highest BCUT2D eigenvalue weighted by Gasteiger charge is 2.45. The van der Waals surface area contributed by atoms with Gasteiger partial charge in [-0.1, -0.05) is 23.2 Å². The summed E-state index contributed by atoms with van der Waals surface area (Å²) in [6.07, 6.45) is 9.07. The van der Waals surface area contributed by atoms with Gasteiger partial charge in [-0.15, -0.1) is 0 Å². The zero-order valence-electron chi connectivity index (χ0n) is 37.0. The van der Waals surface area contributed by atoms with Crippen LogP contribution < -0.4 is 9.80 Å². The summed E-state index contributed by atoms with van der Waals surface area (Å²) in [7, 11) is 0. The van der Waals surface area contributed by atoms with Gasteiger partial charge in [0.2, 0.25) is 0 Å². The highest BCUT2D eigenvalue weighted by Crippen LogP contribution is 2.46. The van der Waals surface area contributed by atoms with Crippen molar-refractivity contribution in [2.75, 3.05) is 49.2 Å². The van der Waals surface area contributed by atoms with Gasteiger partial charge in [-0.2, -0.15) is 10.2 Å². The summed E-state index contributed by atoms with van der Waals surface area (Å²) in [6, 6.07) is 13.2. The molecule has 2 saturated heterocycles. The van der Waals surface area contributed by atoms with Crippen LogP contribution in [-0.4, -0.2) is 88.9 Å². The molecule has 0 N–H and O–H groups in total. The van der Waals surface area contributed by atoms with Crippen molar-refractivity contribution >= 4 is 34.8 Å². The lowest BCUT2D eigenvalue weighted by atomic mass is 9.82. The van der Waals surface area contributed by atoms with Gasteiger partial charge in [0, 0.05) is 72.6 Å². The molecule has 6 aliphatic rings. The number of halogens is 4. The molecule has 4 aromatic heterocycles. The number of anilines is 2. The van der Waals surface area contributed by atoms with Crippen LogP contribution in [0, 0.1) is 61.0 Å². The van der Waals surface area contributed by atoms with Gasteiger partial charge in [-0.3, -0.25) is 0 Å². The Morgan fingerprint density at radius 1 is 0.561 bits per heavy atom. The standard InChI is InChI=1S/2C24H26ClFN6O/c2*1-14-6-22(28-13-27-14)31-11-15-2-3-16(12-31)20(15)10-21-29-24-23(33-5-4-32(24)30-21)17-7-18(25)9-19(26)8-17/h2*6-9,13,15-16,20,23H,2-5,10-12H2,1H3/t2*15-,16+,20?,23-/m10/s1. The first-order chi connectivity index (χ1) is 32.1. The molecular weight excluding hydrogens is 886 g/mol. The molecule has 2 aliphatic carbocycles. The molecule has 2 aromatic carbocycles. The zero-order chi connectivity index (χ0) is 45.1. The largest absolute Gasteiger partial charge is 0.364 e. The number of aryl methyl sites for hydroxylation is 2. The van der Waals surface area contributed by atoms with Crippen LogP contribution in [0.15, 0.2) is 61.2 Å². The lowest BCUT2D eigenvalue weighted by Crippen LogP contribution is -2.43. The SMILES string of the molecule is Cc1cc(N2C[C@H]3CC[C@@H](C2)C3Cc2nc3n(n2)CCO[C@@H]3c2cc(F)cc(Cl)c2)ncn1.Cc1cc(N2C[C@H]3CC[C@@H](C2)C3Cc2nc3n(n2)CCO[C@H]3c2cc(F)cc(Cl)c2)ncn1. The monoisotopic (exact) mass is 936 g/mol. The second kappa shape index (κ2) is 18.1. The fourth-order valence-electron chi connectivity index (χ4n) is 11.7. The van der Waals surface area contributed by atoms with Crippen LogP contribution in [0.3, 0.4) is 0 Å². The highest BCUT2D eigenvalue weighted by atomic mass is 35.5. The van der Waals surface area contributed by atoms with Gasteiger partial charge in [-0.05, 0) is 123 Å². The van der Waals surface area contributed by atoms with E-state index < -0.39 is 12.2 Å². The molecule has 14 nitrogen and oxygen atoms in total. The van der Waals surface area contributed by atoms with Crippen LogP contribution in [-0.2, 0) is 35.4 Å². The number of aromatic nitrogens is 10. The predicted molar refractivity (Wildman–Crippen MR) is 243 cm³/mol. The van der Waals surface area contributed by atoms with Crippen LogP contribution in [0.4, 0.5) is 20.4 Å². The number of piperidine rings is 2. The molecule has 4 aliphatic heterocycles. The van der Waals surface area contributed by atoms with Crippen molar-refractivity contribution in [1.29, 1.82) is 0 Å². The number of nitrogens with zero attached hydrogens (tertiary/aromatic N) is 12. The van der Waals surface area contributed by atoms with Crippen molar-refractivity contribution in [3.8, 4) is 0 Å². The third-order valence-corrected chi connectivity index (χ3v) is 15.1. The van der Waals surface area contributed by atoms with Crippen LogP contribution in [0.2, 0.25) is 10.0 Å². The molecule has 0 amide bonds. The first-order valence-electron chi connectivity index (χ1n) is 23.2. The van der Waals surface area contributed by atoms with Crippen LogP contribution >= 0.6 is 23.2 Å². The lowest BCUT2D eigenvalue weighted by molar-refractivity contribution is 0.0387. The molecule has 4 bridgehead atoms. The molecule has 12 rings (SSSR count). The molecule has 66 heavy (non-hydrogen) atoms. The Morgan fingerprint density at radius 2 is 0.970 bits per heavy atom. The quantitative estimate of drug-likeness (QED) is 0.146. The summed E-state index contributed by atoms with van der Waals surface area (Å²) in [5.74, 6) is 8.05. The maximum absolute atomic E-state index is 13.9. The van der Waals surface area contributed by atoms with E-state index in [2.05, 4.69) is 41.9 Å². The number of rotatable bonds is 8. The van der Waals surface area contributed by atoms with Crippen LogP contribution in [0.25, 0.3) is 0 Å². The Balaban J connectivity index is 0.000000146. The first kappa shape index (κ1) is 43.4. The van der Waals surface area contributed by atoms with Crippen LogP contribution in [0.1, 0.15) is 83.7 Å². The second-order valence-corrected chi connectivity index (χ2v) is 19.8. The smallest absolute Gasteiger partial charge is 0.161 e. The Labute approximate surface area is 392 Å². The van der Waals surface area contributed by atoms with E-state index in [-0.39, 0.29) is 11.6 Å². The molecule has 0 spiro atoms. The Kier molecular flexibility index (Phi) is 11.9. The van der Waals surface area contributed by atoms with Gasteiger partial charge in [0.15, 0.2) is 23.3 Å². The summed E-state index contributed by atoms with van der Waals surface area (Å²) in [5.41, 5.74) is 3.35. The van der Waals surface area contributed by atoms with Crippen molar-refractivity contribution < 1.29 is 18.3 Å². The van der Waals surface area contributed by atoms with E-state index in [1.807, 2.05) is 23.2 Å². The van der Waals surface area contributed by atoms with E-state index in [4.69, 9.17) is 52.8 Å². The lowest BCUT2D eigenvalue weighted by Gasteiger charge is -2.38. The first-order valence-corrected chi connectivity index (χ1v) is 23.9. The third kappa shape index (κ3) is 8.89. The normalized spacial score (nSPS) is 26.5. The van der Waals surface area contributed by atoms with Crippen molar-refractivity contribution in [3.63, 3.8) is 0 Å². The molecule has 8 atom stereocenters. The summed E-state index contributed by atoms with van der Waals surface area (Å²) in [4.78, 5) is 32.0. The minimum Gasteiger partial charge on any atom is -0.364 e. The Morgan fingerprint density at radius 3 is 1.35 bits per heavy atom. The van der Waals surface area contributed by atoms with Gasteiger partial charge in [0.25, 0.3) is 0 Å². The fraction of sp³-hybridized carbons (Fsp3) is 0.500. The topological polar surface area (TPSA) is 138 Å². The maximum atomic E-state index is 13.9. The number of fused-ring (bicyclic) bond motifs is 6. The summed E-state index contributed by atoms with van der Waals surface area (Å²) < 4.78 is 43.7. The average molecular weight is 938 g/mol. The molecular formula is C48H52Cl2F2N12O2. The summed E-state index contributed by atoms with van der Waals surface area (Å²) >= 11 is 12.2. The highest BCUT2D eigenvalue weighted by molar-refractivity contribution is 6.30. The van der Waals surface area contributed by atoms with Gasteiger partial charge >= 0.3 is 0 Å². The van der Waals surface area contributed by atoms with E-state index in [1.165, 1.54) is 49.9 Å². The molecule has 8 heterocycles. The Bertz CT molecular complexity index is 2490.